The summed E-state index contributed by atoms with van der Waals surface area (Å²) >= 11 is 11.6. The van der Waals surface area contributed by atoms with Gasteiger partial charge in [-0.25, -0.2) is 4.39 Å². The fourth-order valence-corrected chi connectivity index (χ4v) is 4.55. The van der Waals surface area contributed by atoms with Crippen LogP contribution in [0, 0.1) is 10.7 Å². The first kappa shape index (κ1) is 28.6. The highest BCUT2D eigenvalue weighted by Crippen LogP contribution is 2.46. The van der Waals surface area contributed by atoms with Crippen molar-refractivity contribution < 1.29 is 30.7 Å². The number of nitroso groups, excluding NO2 is 1. The molecule has 0 amide bonds. The highest BCUT2D eigenvalue weighted by molar-refractivity contribution is 6.31. The van der Waals surface area contributed by atoms with Gasteiger partial charge in [-0.15, -0.1) is 4.91 Å². The van der Waals surface area contributed by atoms with Gasteiger partial charge in [0.05, 0.1) is 16.3 Å². The molecule has 0 bridgehead atoms. The summed E-state index contributed by atoms with van der Waals surface area (Å²) in [6.07, 6.45) is -9.62. The predicted octanol–water partition coefficient (Wildman–Crippen LogP) is 9.42. The molecule has 0 fully saturated rings. The van der Waals surface area contributed by atoms with Crippen molar-refractivity contribution >= 4 is 28.9 Å². The van der Waals surface area contributed by atoms with Crippen molar-refractivity contribution in [2.45, 2.75) is 25.2 Å². The Morgan fingerprint density at radius 2 is 1.56 bits per heavy atom. The van der Waals surface area contributed by atoms with Gasteiger partial charge < -0.3 is 0 Å². The maximum Gasteiger partial charge on any atom is 0.435 e. The Bertz CT molecular complexity index is 1550. The Morgan fingerprint density at radius 3 is 2.13 bits per heavy atom. The minimum absolute atomic E-state index is 0.0885. The molecule has 13 heteroatoms. The van der Waals surface area contributed by atoms with E-state index >= 15 is 4.39 Å². The molecule has 0 radical (unpaired) electrons. The standard InChI is InChI=1S/C26H16Cl2F7N3O/c1-38-21(12-22(36-38)26(33,34)35)17-11-20(29)16(8-4-13-2-6-15(27)7-3-13)23(24(17)37-39)14-5-9-19(28)18(10-14)25(30,31)32/h2-3,5-7,9-12H,4,8H2,1H3. The first-order valence-corrected chi connectivity index (χ1v) is 11.9. The molecule has 4 aromatic rings. The monoisotopic (exact) mass is 589 g/mol. The van der Waals surface area contributed by atoms with E-state index < -0.39 is 40.1 Å². The van der Waals surface area contributed by atoms with Crippen LogP contribution in [0.3, 0.4) is 0 Å². The molecule has 0 aliphatic rings. The molecule has 1 heterocycles. The number of hydrogen-bond acceptors (Lipinski definition) is 3. The highest BCUT2D eigenvalue weighted by Gasteiger charge is 2.36. The van der Waals surface area contributed by atoms with Crippen LogP contribution >= 0.6 is 23.2 Å². The molecule has 39 heavy (non-hydrogen) atoms. The minimum Gasteiger partial charge on any atom is -0.267 e. The van der Waals surface area contributed by atoms with Gasteiger partial charge in [-0.1, -0.05) is 41.4 Å². The molecule has 0 spiro atoms. The van der Waals surface area contributed by atoms with Gasteiger partial charge in [0.2, 0.25) is 0 Å². The fraction of sp³-hybridized carbons (Fsp3) is 0.192. The zero-order valence-electron chi connectivity index (χ0n) is 19.8. The number of rotatable bonds is 6. The summed E-state index contributed by atoms with van der Waals surface area (Å²) in [6.45, 7) is 0. The maximum atomic E-state index is 15.7. The Hall–Kier alpha value is -3.44. The van der Waals surface area contributed by atoms with Gasteiger partial charge in [0.25, 0.3) is 0 Å². The SMILES string of the molecule is Cn1nc(C(F)(F)F)cc1-c1cc(F)c(CCc2ccc(Cl)cc2)c(-c2ccc(Cl)c(C(F)(F)F)c2)c1N=O. The third-order valence-electron chi connectivity index (χ3n) is 6.03. The maximum absolute atomic E-state index is 15.7. The summed E-state index contributed by atoms with van der Waals surface area (Å²) < 4.78 is 97.3. The van der Waals surface area contributed by atoms with Crippen molar-refractivity contribution in [1.29, 1.82) is 0 Å². The lowest BCUT2D eigenvalue weighted by Gasteiger charge is -2.18. The van der Waals surface area contributed by atoms with Crippen LogP contribution in [0.15, 0.2) is 59.8 Å². The minimum atomic E-state index is -4.88. The molecule has 3 aromatic carbocycles. The second kappa shape index (κ2) is 10.6. The third-order valence-corrected chi connectivity index (χ3v) is 6.61. The van der Waals surface area contributed by atoms with Crippen LogP contribution < -0.4 is 0 Å². The van der Waals surface area contributed by atoms with Crippen LogP contribution in [0.25, 0.3) is 22.4 Å². The van der Waals surface area contributed by atoms with E-state index in [0.717, 1.165) is 29.9 Å². The Balaban J connectivity index is 1.98. The van der Waals surface area contributed by atoms with Crippen molar-refractivity contribution in [3.05, 3.63) is 97.8 Å². The molecule has 0 saturated heterocycles. The van der Waals surface area contributed by atoms with Crippen LogP contribution in [0.2, 0.25) is 10.0 Å². The molecular formula is C26H16Cl2F7N3O. The number of benzene rings is 3. The summed E-state index contributed by atoms with van der Waals surface area (Å²) in [5.74, 6) is -0.959. The van der Waals surface area contributed by atoms with Crippen LogP contribution in [0.5, 0.6) is 0 Å². The van der Waals surface area contributed by atoms with Gasteiger partial charge in [0.15, 0.2) is 5.69 Å². The van der Waals surface area contributed by atoms with E-state index in [1.165, 1.54) is 0 Å². The molecule has 204 valence electrons. The van der Waals surface area contributed by atoms with Gasteiger partial charge in [-0.2, -0.15) is 31.4 Å². The van der Waals surface area contributed by atoms with E-state index in [0.29, 0.717) is 22.7 Å². The van der Waals surface area contributed by atoms with Crippen LogP contribution in [0.4, 0.5) is 36.4 Å². The molecule has 0 N–H and O–H groups in total. The van der Waals surface area contributed by atoms with E-state index in [1.54, 1.807) is 24.3 Å². The molecule has 0 unspecified atom stereocenters. The number of nitrogens with zero attached hydrogens (tertiary/aromatic N) is 3. The van der Waals surface area contributed by atoms with Gasteiger partial charge in [-0.3, -0.25) is 4.68 Å². The summed E-state index contributed by atoms with van der Waals surface area (Å²) in [5.41, 5.74) is -3.77. The lowest BCUT2D eigenvalue weighted by Crippen LogP contribution is -2.07. The quantitative estimate of drug-likeness (QED) is 0.166. The Labute approximate surface area is 226 Å². The van der Waals surface area contributed by atoms with Crippen LogP contribution in [0.1, 0.15) is 22.4 Å². The summed E-state index contributed by atoms with van der Waals surface area (Å²) in [6, 6.07) is 10.7. The Morgan fingerprint density at radius 1 is 0.897 bits per heavy atom. The van der Waals surface area contributed by atoms with Gasteiger partial charge in [0.1, 0.15) is 11.5 Å². The molecule has 4 nitrogen and oxygen atoms in total. The Kier molecular flexibility index (Phi) is 7.77. The lowest BCUT2D eigenvalue weighted by molar-refractivity contribution is -0.141. The number of hydrogen-bond donors (Lipinski definition) is 0. The van der Waals surface area contributed by atoms with E-state index in [9.17, 15) is 31.2 Å². The van der Waals surface area contributed by atoms with Gasteiger partial charge >= 0.3 is 12.4 Å². The molecule has 4 rings (SSSR count). The molecule has 1 aromatic heterocycles. The number of halogens is 9. The average molecular weight is 590 g/mol. The molecule has 0 saturated carbocycles. The number of aryl methyl sites for hydroxylation is 2. The summed E-state index contributed by atoms with van der Waals surface area (Å²) in [5, 5.41) is 6.15. The van der Waals surface area contributed by atoms with E-state index in [1.807, 2.05) is 0 Å². The first-order chi connectivity index (χ1) is 18.2. The normalized spacial score (nSPS) is 12.2. The second-order valence-electron chi connectivity index (χ2n) is 8.55. The molecule has 0 atom stereocenters. The lowest BCUT2D eigenvalue weighted by atomic mass is 9.89. The van der Waals surface area contributed by atoms with Gasteiger partial charge in [-0.05, 0) is 71.1 Å². The van der Waals surface area contributed by atoms with E-state index in [2.05, 4.69) is 10.3 Å². The smallest absolute Gasteiger partial charge is 0.267 e. The van der Waals surface area contributed by atoms with Crippen LogP contribution in [-0.4, -0.2) is 9.78 Å². The summed E-state index contributed by atoms with van der Waals surface area (Å²) in [4.78, 5) is 12.1. The molecule has 0 aliphatic carbocycles. The first-order valence-electron chi connectivity index (χ1n) is 11.1. The zero-order chi connectivity index (χ0) is 28.7. The van der Waals surface area contributed by atoms with Crippen LogP contribution in [-0.2, 0) is 32.2 Å². The molecule has 0 aliphatic heterocycles. The van der Waals surface area contributed by atoms with Crippen molar-refractivity contribution in [1.82, 2.24) is 9.78 Å². The number of aromatic nitrogens is 2. The average Bonchev–Trinajstić information content (AvgIpc) is 3.25. The fourth-order valence-electron chi connectivity index (χ4n) is 4.20. The number of alkyl halides is 6. The van der Waals surface area contributed by atoms with E-state index in [-0.39, 0.29) is 40.8 Å². The topological polar surface area (TPSA) is 47.2 Å². The van der Waals surface area contributed by atoms with Crippen molar-refractivity contribution in [3.8, 4) is 22.4 Å². The second-order valence-corrected chi connectivity index (χ2v) is 9.40. The van der Waals surface area contributed by atoms with Crippen molar-refractivity contribution in [2.75, 3.05) is 0 Å². The van der Waals surface area contributed by atoms with Gasteiger partial charge in [0, 0.05) is 23.2 Å². The van der Waals surface area contributed by atoms with Crippen molar-refractivity contribution in [3.63, 3.8) is 0 Å². The summed E-state index contributed by atoms with van der Waals surface area (Å²) in [7, 11) is 1.15. The van der Waals surface area contributed by atoms with Crippen molar-refractivity contribution in [2.24, 2.45) is 12.2 Å². The zero-order valence-corrected chi connectivity index (χ0v) is 21.3. The third kappa shape index (κ3) is 5.94. The highest BCUT2D eigenvalue weighted by atomic mass is 35.5. The molecular weight excluding hydrogens is 574 g/mol. The van der Waals surface area contributed by atoms with E-state index in [4.69, 9.17) is 23.2 Å². The largest absolute Gasteiger partial charge is 0.435 e. The predicted molar refractivity (Wildman–Crippen MR) is 133 cm³/mol.